The van der Waals surface area contributed by atoms with E-state index in [1.54, 1.807) is 14.0 Å². The largest absolute Gasteiger partial charge is 0.378 e. The Morgan fingerprint density at radius 2 is 2.05 bits per heavy atom. The molecular formula is C15H19FN4O2. The number of fused-ring (bicyclic) bond motifs is 1. The number of nitrogens with zero attached hydrogens (tertiary/aromatic N) is 3. The Balaban J connectivity index is 2.27. The van der Waals surface area contributed by atoms with Crippen LogP contribution in [-0.2, 0) is 11.8 Å². The Labute approximate surface area is 127 Å². The van der Waals surface area contributed by atoms with E-state index >= 15 is 0 Å². The van der Waals surface area contributed by atoms with E-state index in [2.05, 4.69) is 4.98 Å². The van der Waals surface area contributed by atoms with Crippen molar-refractivity contribution >= 4 is 16.9 Å². The van der Waals surface area contributed by atoms with Crippen molar-refractivity contribution in [1.29, 1.82) is 0 Å². The first-order valence-corrected chi connectivity index (χ1v) is 7.27. The van der Waals surface area contributed by atoms with E-state index in [4.69, 9.17) is 10.5 Å². The predicted molar refractivity (Wildman–Crippen MR) is 82.6 cm³/mol. The van der Waals surface area contributed by atoms with E-state index in [9.17, 15) is 9.18 Å². The van der Waals surface area contributed by atoms with Crippen LogP contribution < -0.4 is 16.2 Å². The summed E-state index contributed by atoms with van der Waals surface area (Å²) in [6, 6.07) is 2.16. The van der Waals surface area contributed by atoms with E-state index in [1.807, 2.05) is 4.90 Å². The molecule has 1 aromatic heterocycles. The lowest BCUT2D eigenvalue weighted by Crippen LogP contribution is -2.40. The molecule has 2 aromatic rings. The number of hydrogen-bond acceptors (Lipinski definition) is 5. The van der Waals surface area contributed by atoms with Gasteiger partial charge in [-0.2, -0.15) is 0 Å². The first kappa shape index (κ1) is 14.9. The summed E-state index contributed by atoms with van der Waals surface area (Å²) in [4.78, 5) is 19.2. The molecule has 1 aromatic carbocycles. The maximum absolute atomic E-state index is 13.8. The second-order valence-corrected chi connectivity index (χ2v) is 5.56. The molecule has 0 amide bonds. The fourth-order valence-corrected chi connectivity index (χ4v) is 2.75. The normalized spacial score (nSPS) is 17.0. The third-order valence-corrected chi connectivity index (χ3v) is 3.94. The van der Waals surface area contributed by atoms with Crippen molar-refractivity contribution < 1.29 is 9.13 Å². The monoisotopic (exact) mass is 306 g/mol. The van der Waals surface area contributed by atoms with Gasteiger partial charge in [-0.1, -0.05) is 0 Å². The molecule has 1 aliphatic rings. The highest BCUT2D eigenvalue weighted by molar-refractivity contribution is 5.82. The highest BCUT2D eigenvalue weighted by Gasteiger charge is 2.20. The fourth-order valence-electron chi connectivity index (χ4n) is 2.75. The zero-order chi connectivity index (χ0) is 15.9. The van der Waals surface area contributed by atoms with Crippen LogP contribution in [0.5, 0.6) is 0 Å². The number of hydrogen-bond donors (Lipinski definition) is 1. The van der Waals surface area contributed by atoms with Crippen LogP contribution in [-0.4, -0.2) is 35.9 Å². The quantitative estimate of drug-likeness (QED) is 0.893. The lowest BCUT2D eigenvalue weighted by molar-refractivity contribution is 0.121. The van der Waals surface area contributed by atoms with Crippen LogP contribution in [0, 0.1) is 5.82 Å². The summed E-state index contributed by atoms with van der Waals surface area (Å²) in [5.41, 5.74) is 6.66. The summed E-state index contributed by atoms with van der Waals surface area (Å²) < 4.78 is 20.6. The molecule has 0 bridgehead atoms. The van der Waals surface area contributed by atoms with Gasteiger partial charge in [0.2, 0.25) is 5.95 Å². The Kier molecular flexibility index (Phi) is 3.84. The van der Waals surface area contributed by atoms with Gasteiger partial charge in [0.25, 0.3) is 5.56 Å². The number of halogens is 1. The SMILES string of the molecule is CC(N)c1cc(F)cc2c(=O)n(C)c(N3CCOCC3)nc12. The smallest absolute Gasteiger partial charge is 0.262 e. The zero-order valence-corrected chi connectivity index (χ0v) is 12.7. The van der Waals surface area contributed by atoms with Crippen LogP contribution in [0.15, 0.2) is 16.9 Å². The number of morpholine rings is 1. The summed E-state index contributed by atoms with van der Waals surface area (Å²) in [6.07, 6.45) is 0. The minimum Gasteiger partial charge on any atom is -0.378 e. The molecule has 3 rings (SSSR count). The lowest BCUT2D eigenvalue weighted by Gasteiger charge is -2.29. The van der Waals surface area contributed by atoms with E-state index in [1.165, 1.54) is 16.7 Å². The molecule has 118 valence electrons. The molecule has 0 radical (unpaired) electrons. The summed E-state index contributed by atoms with van der Waals surface area (Å²) in [5.74, 6) is 0.0899. The molecule has 0 aliphatic carbocycles. The van der Waals surface area contributed by atoms with Crippen molar-refractivity contribution in [1.82, 2.24) is 9.55 Å². The van der Waals surface area contributed by atoms with Crippen LogP contribution in [0.3, 0.4) is 0 Å². The van der Waals surface area contributed by atoms with Gasteiger partial charge in [-0.05, 0) is 24.6 Å². The van der Waals surface area contributed by atoms with Gasteiger partial charge < -0.3 is 15.4 Å². The number of nitrogens with two attached hydrogens (primary N) is 1. The molecule has 22 heavy (non-hydrogen) atoms. The van der Waals surface area contributed by atoms with Gasteiger partial charge in [0.05, 0.1) is 24.1 Å². The summed E-state index contributed by atoms with van der Waals surface area (Å²) >= 11 is 0. The molecule has 0 spiro atoms. The van der Waals surface area contributed by atoms with Crippen LogP contribution in [0.4, 0.5) is 10.3 Å². The molecule has 1 saturated heterocycles. The summed E-state index contributed by atoms with van der Waals surface area (Å²) in [6.45, 7) is 4.28. The molecule has 1 fully saturated rings. The molecule has 1 atom stereocenters. The van der Waals surface area contributed by atoms with Crippen molar-refractivity contribution in [3.05, 3.63) is 33.9 Å². The van der Waals surface area contributed by atoms with Gasteiger partial charge in [0.15, 0.2) is 0 Å². The lowest BCUT2D eigenvalue weighted by atomic mass is 10.0. The van der Waals surface area contributed by atoms with Crippen LogP contribution >= 0.6 is 0 Å². The van der Waals surface area contributed by atoms with Crippen molar-refractivity contribution in [2.24, 2.45) is 12.8 Å². The first-order valence-electron chi connectivity index (χ1n) is 7.27. The molecule has 2 heterocycles. The summed E-state index contributed by atoms with van der Waals surface area (Å²) in [5, 5.41) is 0.256. The fraction of sp³-hybridized carbons (Fsp3) is 0.467. The molecule has 1 unspecified atom stereocenters. The Bertz CT molecular complexity index is 766. The standard InChI is InChI=1S/C15H19FN4O2/c1-9(17)11-7-10(16)8-12-13(11)18-15(19(2)14(12)21)20-3-5-22-6-4-20/h7-9H,3-6,17H2,1-2H3. The summed E-state index contributed by atoms with van der Waals surface area (Å²) in [7, 11) is 1.65. The maximum Gasteiger partial charge on any atom is 0.262 e. The second-order valence-electron chi connectivity index (χ2n) is 5.56. The van der Waals surface area contributed by atoms with Crippen molar-refractivity contribution in [2.45, 2.75) is 13.0 Å². The minimum atomic E-state index is -0.474. The molecular weight excluding hydrogens is 287 g/mol. The Morgan fingerprint density at radius 3 is 2.68 bits per heavy atom. The van der Waals surface area contributed by atoms with Gasteiger partial charge in [0, 0.05) is 26.2 Å². The Morgan fingerprint density at radius 1 is 1.36 bits per heavy atom. The number of aromatic nitrogens is 2. The minimum absolute atomic E-state index is 0.256. The number of rotatable bonds is 2. The average molecular weight is 306 g/mol. The van der Waals surface area contributed by atoms with E-state index < -0.39 is 11.9 Å². The van der Waals surface area contributed by atoms with Crippen LogP contribution in [0.1, 0.15) is 18.5 Å². The molecule has 7 heteroatoms. The number of benzene rings is 1. The molecule has 6 nitrogen and oxygen atoms in total. The first-order chi connectivity index (χ1) is 10.5. The van der Waals surface area contributed by atoms with Crippen LogP contribution in [0.2, 0.25) is 0 Å². The van der Waals surface area contributed by atoms with Gasteiger partial charge in [0.1, 0.15) is 5.82 Å². The molecule has 0 saturated carbocycles. The number of anilines is 1. The average Bonchev–Trinajstić information content (AvgIpc) is 2.51. The topological polar surface area (TPSA) is 73.4 Å². The van der Waals surface area contributed by atoms with Crippen LogP contribution in [0.25, 0.3) is 10.9 Å². The maximum atomic E-state index is 13.8. The van der Waals surface area contributed by atoms with Gasteiger partial charge in [-0.25, -0.2) is 9.37 Å². The van der Waals surface area contributed by atoms with Gasteiger partial charge in [-0.15, -0.1) is 0 Å². The van der Waals surface area contributed by atoms with Crippen molar-refractivity contribution in [3.63, 3.8) is 0 Å². The molecule has 2 N–H and O–H groups in total. The van der Waals surface area contributed by atoms with Crippen molar-refractivity contribution in [3.8, 4) is 0 Å². The zero-order valence-electron chi connectivity index (χ0n) is 12.7. The van der Waals surface area contributed by atoms with Crippen molar-refractivity contribution in [2.75, 3.05) is 31.2 Å². The molecule has 1 aliphatic heterocycles. The van der Waals surface area contributed by atoms with E-state index in [0.717, 1.165) is 0 Å². The second kappa shape index (κ2) is 5.66. The highest BCUT2D eigenvalue weighted by atomic mass is 19.1. The number of ether oxygens (including phenoxy) is 1. The van der Waals surface area contributed by atoms with E-state index in [0.29, 0.717) is 43.3 Å². The third kappa shape index (κ3) is 2.46. The predicted octanol–water partition coefficient (Wildman–Crippen LogP) is 0.929. The third-order valence-electron chi connectivity index (χ3n) is 3.94. The highest BCUT2D eigenvalue weighted by Crippen LogP contribution is 2.23. The Hall–Kier alpha value is -1.99. The van der Waals surface area contributed by atoms with Gasteiger partial charge in [-0.3, -0.25) is 9.36 Å². The van der Waals surface area contributed by atoms with E-state index in [-0.39, 0.29) is 10.9 Å². The van der Waals surface area contributed by atoms with Gasteiger partial charge >= 0.3 is 0 Å².